The molecule has 0 saturated carbocycles. The Kier molecular flexibility index (Phi) is 30.6. The number of aliphatic hydroxyl groups excluding tert-OH is 1. The molecule has 9 aromatic carbocycles. The first kappa shape index (κ1) is 81.1. The summed E-state index contributed by atoms with van der Waals surface area (Å²) in [5, 5.41) is 14.3. The molecule has 2 amide bonds. The number of nitrogens with zero attached hydrogens (tertiary/aromatic N) is 1. The van der Waals surface area contributed by atoms with Crippen molar-refractivity contribution in [2.45, 2.75) is 203 Å². The van der Waals surface area contributed by atoms with Crippen molar-refractivity contribution in [1.82, 2.24) is 4.90 Å². The molecular weight excluding hydrogens is 1410 g/mol. The van der Waals surface area contributed by atoms with Crippen LogP contribution in [0.25, 0.3) is 0 Å². The molecule has 17 nitrogen and oxygen atoms in total. The summed E-state index contributed by atoms with van der Waals surface area (Å²) in [6, 6.07) is 82.6. The van der Waals surface area contributed by atoms with Crippen LogP contribution in [0.4, 0.5) is 0 Å². The normalized spacial score (nSPS) is 24.1. The van der Waals surface area contributed by atoms with Crippen LogP contribution in [-0.2, 0) is 110 Å². The number of benzene rings is 9. The minimum Gasteiger partial charge on any atom is -0.497 e. The predicted molar refractivity (Wildman–Crippen MR) is 426 cm³/mol. The maximum Gasteiger partial charge on any atom is 0.261 e. The summed E-state index contributed by atoms with van der Waals surface area (Å²) < 4.78 is 83.0. The van der Waals surface area contributed by atoms with Crippen molar-refractivity contribution >= 4 is 17.6 Å². The Morgan fingerprint density at radius 1 is 0.375 bits per heavy atom. The number of carbonyl (C=O) groups is 3. The van der Waals surface area contributed by atoms with E-state index in [4.69, 9.17) is 56.8 Å². The fraction of sp³-hybridized carbons (Fsp3) is 0.400. The Balaban J connectivity index is 0.868. The number of imide groups is 1. The number of aliphatic hydroxyl groups is 1. The topological polar surface area (TPSA) is 185 Å². The molecule has 0 spiro atoms. The van der Waals surface area contributed by atoms with Gasteiger partial charge in [0.05, 0.1) is 133 Å². The molecule has 3 fully saturated rings. The molecule has 9 aromatic rings. The second kappa shape index (κ2) is 42.3. The fourth-order valence-corrected chi connectivity index (χ4v) is 16.1. The van der Waals surface area contributed by atoms with Gasteiger partial charge in [-0.1, -0.05) is 282 Å². The number of methoxy groups -OCH3 is 1. The van der Waals surface area contributed by atoms with Crippen LogP contribution in [0.1, 0.15) is 136 Å². The number of ketones is 1. The molecule has 0 radical (unpaired) electrons. The van der Waals surface area contributed by atoms with Crippen LogP contribution in [0.3, 0.4) is 0 Å². The number of unbranched alkanes of at least 4 members (excludes halogenated alkanes) is 7. The number of hydrogen-bond donors (Lipinski definition) is 1. The molecule has 588 valence electrons. The van der Waals surface area contributed by atoms with Crippen molar-refractivity contribution in [3.8, 4) is 5.75 Å². The van der Waals surface area contributed by atoms with Gasteiger partial charge in [-0.3, -0.25) is 19.3 Å². The summed E-state index contributed by atoms with van der Waals surface area (Å²) in [5.74, 6) is -2.80. The minimum atomic E-state index is -1.70. The van der Waals surface area contributed by atoms with Crippen molar-refractivity contribution in [3.63, 3.8) is 0 Å². The third-order valence-electron chi connectivity index (χ3n) is 22.0. The number of hydrogen-bond acceptors (Lipinski definition) is 16. The lowest BCUT2D eigenvalue weighted by Crippen LogP contribution is -2.67. The molecule has 0 aromatic heterocycles. The second-order valence-electron chi connectivity index (χ2n) is 29.8. The highest BCUT2D eigenvalue weighted by atomic mass is 16.6. The van der Waals surface area contributed by atoms with E-state index in [0.717, 1.165) is 102 Å². The third-order valence-corrected chi connectivity index (χ3v) is 22.0. The van der Waals surface area contributed by atoms with Gasteiger partial charge in [0.15, 0.2) is 5.78 Å². The van der Waals surface area contributed by atoms with E-state index in [0.29, 0.717) is 19.6 Å². The first-order valence-electron chi connectivity index (χ1n) is 40.0. The number of ether oxygens (including phenoxy) is 12. The quantitative estimate of drug-likeness (QED) is 0.0281. The van der Waals surface area contributed by atoms with Gasteiger partial charge in [0.2, 0.25) is 0 Å². The lowest BCUT2D eigenvalue weighted by molar-refractivity contribution is -0.287. The van der Waals surface area contributed by atoms with Gasteiger partial charge in [-0.15, -0.1) is 0 Å². The maximum atomic E-state index is 16.9. The molecule has 13 rings (SSSR count). The van der Waals surface area contributed by atoms with Crippen LogP contribution in [0.5, 0.6) is 5.75 Å². The zero-order valence-corrected chi connectivity index (χ0v) is 64.4. The molecule has 15 atom stereocenters. The molecule has 3 saturated heterocycles. The number of fused-ring (bicyclic) bond motifs is 1. The summed E-state index contributed by atoms with van der Waals surface area (Å²) in [5.41, 5.74) is 7.92. The van der Waals surface area contributed by atoms with Crippen LogP contribution in [0, 0.1) is 11.8 Å². The van der Waals surface area contributed by atoms with Crippen LogP contribution in [0.2, 0.25) is 0 Å². The van der Waals surface area contributed by atoms with E-state index in [1.54, 1.807) is 31.4 Å². The van der Waals surface area contributed by atoms with Crippen LogP contribution in [-0.4, -0.2) is 134 Å². The number of amides is 2. The largest absolute Gasteiger partial charge is 0.497 e. The van der Waals surface area contributed by atoms with Gasteiger partial charge in [-0.05, 0) is 95.0 Å². The van der Waals surface area contributed by atoms with Crippen LogP contribution in [0.15, 0.2) is 261 Å². The average molecular weight is 1520 g/mol. The molecule has 1 unspecified atom stereocenters. The van der Waals surface area contributed by atoms with Crippen molar-refractivity contribution < 1.29 is 76.3 Å². The second-order valence-corrected chi connectivity index (χ2v) is 29.8. The monoisotopic (exact) mass is 1520 g/mol. The number of Topliss-reactive ketones (excluding diaryl/α,β-unsaturated/α-hetero) is 1. The molecule has 1 N–H and O–H groups in total. The number of carbonyl (C=O) groups excluding carboxylic acids is 3. The van der Waals surface area contributed by atoms with Gasteiger partial charge in [0.25, 0.3) is 11.8 Å². The summed E-state index contributed by atoms with van der Waals surface area (Å²) in [6.07, 6.45) is -4.28. The standard InChI is InChI=1S/C95H107NO16/c1-67-88(105-60-70-38-20-11-21-39-70)92(108-63-73-44-26-14-27-45-73)93(109-64-74-46-28-15-29-47-74)91(110-67)87(98)84-81(112-83(66-104-59-69-36-18-10-19-37-69)90(86(84)97)107-62-72-42-24-13-25-43-72)56-79-82(65-103-58-68-34-16-9-17-35-68)111-80(50-30-7-5-3-4-6-8-33-55-102-57-75-51-53-76(101-2)54-52-75)85(89(79)106-61-71-40-22-12-23-41-71)96-94(99)77-48-31-32-49-78(77)95(96)100/h9-29,31-32,34-49,51-54,67,79-85,87-93,98H,3-8,30,33,50,55-66H2,1-2H3/t67-,79+,80-,81-,82+,83+,84-,85-,87?,88+,89-,90-,91-,92+,93+/m0/s1. The summed E-state index contributed by atoms with van der Waals surface area (Å²) >= 11 is 0. The highest BCUT2D eigenvalue weighted by Crippen LogP contribution is 2.45. The Morgan fingerprint density at radius 2 is 0.759 bits per heavy atom. The summed E-state index contributed by atoms with van der Waals surface area (Å²) in [4.78, 5) is 49.3. The molecule has 0 bridgehead atoms. The molecule has 0 aliphatic carbocycles. The van der Waals surface area contributed by atoms with Crippen LogP contribution < -0.4 is 4.74 Å². The predicted octanol–water partition coefficient (Wildman–Crippen LogP) is 16.6. The zero-order valence-electron chi connectivity index (χ0n) is 64.4. The Bertz CT molecular complexity index is 4210. The van der Waals surface area contributed by atoms with Gasteiger partial charge >= 0.3 is 0 Å². The smallest absolute Gasteiger partial charge is 0.261 e. The lowest BCUT2D eigenvalue weighted by Gasteiger charge is -2.52. The van der Waals surface area contributed by atoms with Gasteiger partial charge in [-0.25, -0.2) is 0 Å². The van der Waals surface area contributed by atoms with E-state index in [1.165, 1.54) is 4.90 Å². The Labute approximate surface area is 659 Å². The molecule has 4 aliphatic rings. The van der Waals surface area contributed by atoms with E-state index in [1.807, 2.05) is 244 Å². The highest BCUT2D eigenvalue weighted by molar-refractivity contribution is 6.21. The maximum absolute atomic E-state index is 16.9. The van der Waals surface area contributed by atoms with Crippen molar-refractivity contribution in [3.05, 3.63) is 316 Å². The van der Waals surface area contributed by atoms with Gasteiger partial charge in [-0.2, -0.15) is 0 Å². The fourth-order valence-electron chi connectivity index (χ4n) is 16.1. The Hall–Kier alpha value is -8.89. The minimum absolute atomic E-state index is 0.0258. The van der Waals surface area contributed by atoms with Crippen molar-refractivity contribution in [2.24, 2.45) is 11.8 Å². The first-order chi connectivity index (χ1) is 55.1. The molecular formula is C95H107NO16. The summed E-state index contributed by atoms with van der Waals surface area (Å²) in [7, 11) is 1.67. The van der Waals surface area contributed by atoms with Crippen LogP contribution >= 0.6 is 0 Å². The average Bonchev–Trinajstić information content (AvgIpc) is 1.56. The van der Waals surface area contributed by atoms with E-state index in [-0.39, 0.29) is 77.0 Å². The molecule has 112 heavy (non-hydrogen) atoms. The number of rotatable bonds is 42. The van der Waals surface area contributed by atoms with E-state index >= 15 is 14.4 Å². The first-order valence-corrected chi connectivity index (χ1v) is 40.0. The molecule has 17 heteroatoms. The highest BCUT2D eigenvalue weighted by Gasteiger charge is 2.60. The van der Waals surface area contributed by atoms with E-state index in [9.17, 15) is 5.11 Å². The zero-order chi connectivity index (χ0) is 77.1. The molecule has 4 heterocycles. The third kappa shape index (κ3) is 22.1. The van der Waals surface area contributed by atoms with Crippen molar-refractivity contribution in [1.29, 1.82) is 0 Å². The van der Waals surface area contributed by atoms with E-state index < -0.39 is 109 Å². The van der Waals surface area contributed by atoms with Gasteiger partial charge < -0.3 is 61.9 Å². The van der Waals surface area contributed by atoms with Gasteiger partial charge in [0, 0.05) is 12.5 Å². The SMILES string of the molecule is COc1ccc(COCCCCCCCCCC[C@@H]2O[C@H](COCc3ccccc3)[C@@H](C[C@@H]3O[C@H](COCc4ccccc4)[C@H](OCc4ccccc4)C(=O)[C@H]3C(O)[C@@H]3O[C@@H](C)[C@@H](OCc4ccccc4)[C@@H](OCc4ccccc4)[C@@H]3OCc3ccccc3)[C@H](OCc3ccccc3)[C@H]2N2C(=O)c3ccccc3C2=O)cc1. The Morgan fingerprint density at radius 3 is 1.24 bits per heavy atom. The summed E-state index contributed by atoms with van der Waals surface area (Å²) in [6.45, 7) is 4.10. The van der Waals surface area contributed by atoms with Gasteiger partial charge in [0.1, 0.15) is 42.4 Å². The lowest BCUT2D eigenvalue weighted by atomic mass is 9.73. The van der Waals surface area contributed by atoms with Crippen molar-refractivity contribution in [2.75, 3.05) is 26.9 Å². The van der Waals surface area contributed by atoms with E-state index in [2.05, 4.69) is 0 Å². The molecule has 4 aliphatic heterocycles.